The third-order valence-electron chi connectivity index (χ3n) is 10.3. The second-order valence-electron chi connectivity index (χ2n) is 14.7. The number of likely N-dealkylation sites (tertiary alicyclic amines) is 1. The topological polar surface area (TPSA) is 245 Å². The number of amides is 4. The van der Waals surface area contributed by atoms with E-state index in [4.69, 9.17) is 10.5 Å². The summed E-state index contributed by atoms with van der Waals surface area (Å²) in [6.45, 7) is 1.93. The number of aliphatic hydroxyl groups is 1. The van der Waals surface area contributed by atoms with Crippen LogP contribution in [0.15, 0.2) is 40.4 Å². The highest BCUT2D eigenvalue weighted by molar-refractivity contribution is 7.89. The third-order valence-corrected chi connectivity index (χ3v) is 11.7. The number of Topliss-reactive ketones (excluding diaryl/α,β-unsaturated/α-hetero) is 1. The van der Waals surface area contributed by atoms with Crippen LogP contribution in [0.2, 0.25) is 0 Å². The number of benzene rings is 1. The highest BCUT2D eigenvalue weighted by Crippen LogP contribution is 2.34. The molecule has 17 nitrogen and oxygen atoms in total. The van der Waals surface area contributed by atoms with Crippen LogP contribution in [0.3, 0.4) is 0 Å². The minimum atomic E-state index is -4.30. The van der Waals surface area contributed by atoms with E-state index in [1.54, 1.807) is 4.72 Å². The Balaban J connectivity index is 1.50. The van der Waals surface area contributed by atoms with Gasteiger partial charge in [-0.15, -0.1) is 5.10 Å². The predicted molar refractivity (Wildman–Crippen MR) is 190 cm³/mol. The van der Waals surface area contributed by atoms with E-state index in [2.05, 4.69) is 20.6 Å². The Morgan fingerprint density at radius 3 is 2.35 bits per heavy atom. The molecule has 3 fully saturated rings. The molecule has 2 aromatic rings. The van der Waals surface area contributed by atoms with E-state index < -0.39 is 75.6 Å². The zero-order valence-corrected chi connectivity index (χ0v) is 31.4. The normalized spacial score (nSPS) is 21.1. The molecule has 1 aromatic carbocycles. The summed E-state index contributed by atoms with van der Waals surface area (Å²) in [5.41, 5.74) is 2.36. The number of hydrogen-bond acceptors (Lipinski definition) is 11. The Morgan fingerprint density at radius 1 is 1.09 bits per heavy atom. The first-order valence-electron chi connectivity index (χ1n) is 18.1. The molecule has 1 aliphatic carbocycles. The van der Waals surface area contributed by atoms with Gasteiger partial charge >= 0.3 is 0 Å². The van der Waals surface area contributed by atoms with E-state index in [9.17, 15) is 46.3 Å². The van der Waals surface area contributed by atoms with Gasteiger partial charge in [0, 0.05) is 44.6 Å². The van der Waals surface area contributed by atoms with Crippen LogP contribution < -0.4 is 15.8 Å². The van der Waals surface area contributed by atoms with Crippen LogP contribution in [0, 0.1) is 5.92 Å². The number of nitrogens with one attached hydrogen (secondary N) is 2. The van der Waals surface area contributed by atoms with Crippen molar-refractivity contribution >= 4 is 45.1 Å². The number of nitrogens with two attached hydrogens (primary N) is 1. The highest BCUT2D eigenvalue weighted by atomic mass is 32.2. The zero-order chi connectivity index (χ0) is 40.1. The van der Waals surface area contributed by atoms with Crippen molar-refractivity contribution in [3.63, 3.8) is 0 Å². The summed E-state index contributed by atoms with van der Waals surface area (Å²) >= 11 is 0. The largest absolute Gasteiger partial charge is 0.384 e. The summed E-state index contributed by atoms with van der Waals surface area (Å²) < 4.78 is 58.7. The zero-order valence-electron chi connectivity index (χ0n) is 30.6. The van der Waals surface area contributed by atoms with Gasteiger partial charge in [0.25, 0.3) is 24.1 Å². The van der Waals surface area contributed by atoms with Gasteiger partial charge in [-0.05, 0) is 50.5 Å². The molecule has 2 atom stereocenters. The standard InChI is InChI=1S/C35H46F2N8O9S/c1-34(2,51)27-18-39-43-45(27)23-17-26(32(49)42-35(29(46)30(38)47)12-14-54-15-13-35)44(20-23)33(50)25(16-21-6-4-3-5-7-21)41-31(48)22-8-10-24(11-9-22)55(52,53)40-19-28(36)37/h8-11,18,21,23,26,28,40,51H,3-7,12-17,19-20H2,1-2H3,(H2,38,47)(H,42,49)/b41-25+/t23-,26-/m0/s1. The second-order valence-corrected chi connectivity index (χ2v) is 16.5. The Morgan fingerprint density at radius 2 is 1.75 bits per heavy atom. The number of hydrogen-bond donors (Lipinski definition) is 4. The molecule has 5 N–H and O–H groups in total. The maximum absolute atomic E-state index is 14.7. The molecule has 3 aliphatic rings. The first-order valence-corrected chi connectivity index (χ1v) is 19.6. The number of aliphatic imine (C=N–C) groups is 1. The number of carbonyl (C=O) groups excluding carboxylic acids is 5. The number of primary amides is 1. The average molecular weight is 793 g/mol. The van der Waals surface area contributed by atoms with Crippen LogP contribution in [-0.2, 0) is 39.5 Å². The molecule has 0 bridgehead atoms. The number of nitrogens with zero attached hydrogens (tertiary/aromatic N) is 5. The summed E-state index contributed by atoms with van der Waals surface area (Å²) in [5, 5.41) is 21.6. The second kappa shape index (κ2) is 17.1. The monoisotopic (exact) mass is 792 g/mol. The fraction of sp³-hybridized carbons (Fsp3) is 0.600. The Bertz CT molecular complexity index is 1900. The Kier molecular flexibility index (Phi) is 12.9. The summed E-state index contributed by atoms with van der Waals surface area (Å²) in [5.74, 6) is -4.66. The lowest BCUT2D eigenvalue weighted by atomic mass is 9.84. The molecule has 0 unspecified atom stereocenters. The Hall–Kier alpha value is -4.53. The molecule has 300 valence electrons. The fourth-order valence-electron chi connectivity index (χ4n) is 7.33. The van der Waals surface area contributed by atoms with Gasteiger partial charge in [0.2, 0.25) is 21.7 Å². The molecule has 2 saturated heterocycles. The van der Waals surface area contributed by atoms with Crippen LogP contribution in [0.5, 0.6) is 0 Å². The van der Waals surface area contributed by atoms with E-state index >= 15 is 0 Å². The number of ketones is 1. The van der Waals surface area contributed by atoms with Gasteiger partial charge in [-0.3, -0.25) is 24.0 Å². The lowest BCUT2D eigenvalue weighted by Gasteiger charge is -2.37. The Labute approximate surface area is 316 Å². The average Bonchev–Trinajstić information content (AvgIpc) is 3.83. The third kappa shape index (κ3) is 9.83. The molecule has 5 rings (SSSR count). The summed E-state index contributed by atoms with van der Waals surface area (Å²) in [6, 6.07) is 2.44. The van der Waals surface area contributed by atoms with Crippen LogP contribution in [0.4, 0.5) is 8.78 Å². The van der Waals surface area contributed by atoms with Crippen LogP contribution in [0.25, 0.3) is 0 Å². The van der Waals surface area contributed by atoms with Crippen molar-refractivity contribution in [2.45, 2.75) is 106 Å². The van der Waals surface area contributed by atoms with Crippen molar-refractivity contribution in [1.29, 1.82) is 0 Å². The van der Waals surface area contributed by atoms with Gasteiger partial charge in [-0.25, -0.2) is 31.6 Å². The SMILES string of the molecule is CC(C)(O)c1cnnn1[C@H]1C[C@@H](C(=O)NC2(C(=O)C(N)=O)CCOCC2)N(C(=O)/C(CC2CCCCC2)=N/C(=O)c2ccc(S(=O)(=O)NCC(F)F)cc2)C1. The molecule has 0 spiro atoms. The maximum atomic E-state index is 14.7. The summed E-state index contributed by atoms with van der Waals surface area (Å²) in [7, 11) is -4.30. The lowest BCUT2D eigenvalue weighted by Crippen LogP contribution is -2.63. The summed E-state index contributed by atoms with van der Waals surface area (Å²) in [6.07, 6.45) is 2.73. The highest BCUT2D eigenvalue weighted by Gasteiger charge is 2.49. The molecule has 20 heteroatoms. The molecule has 1 saturated carbocycles. The van der Waals surface area contributed by atoms with Crippen molar-refractivity contribution < 1.29 is 51.0 Å². The number of aromatic nitrogens is 3. The van der Waals surface area contributed by atoms with Crippen molar-refractivity contribution in [3.05, 3.63) is 41.7 Å². The maximum Gasteiger partial charge on any atom is 0.287 e. The van der Waals surface area contributed by atoms with E-state index in [0.29, 0.717) is 5.69 Å². The molecule has 4 amide bonds. The van der Waals surface area contributed by atoms with E-state index in [1.807, 2.05) is 0 Å². The fourth-order valence-corrected chi connectivity index (χ4v) is 8.34. The summed E-state index contributed by atoms with van der Waals surface area (Å²) in [4.78, 5) is 72.9. The molecule has 3 heterocycles. The number of halogens is 2. The van der Waals surface area contributed by atoms with Crippen LogP contribution >= 0.6 is 0 Å². The van der Waals surface area contributed by atoms with Crippen LogP contribution in [-0.4, -0.2) is 113 Å². The molecule has 2 aliphatic heterocycles. The molecular weight excluding hydrogens is 746 g/mol. The minimum Gasteiger partial charge on any atom is -0.384 e. The number of carbonyl (C=O) groups is 5. The van der Waals surface area contributed by atoms with Gasteiger partial charge in [0.1, 0.15) is 22.9 Å². The first kappa shape index (κ1) is 41.6. The number of sulfonamides is 1. The first-order chi connectivity index (χ1) is 25.9. The molecule has 1 aromatic heterocycles. The van der Waals surface area contributed by atoms with E-state index in [0.717, 1.165) is 56.4 Å². The predicted octanol–water partition coefficient (Wildman–Crippen LogP) is 1.16. The smallest absolute Gasteiger partial charge is 0.287 e. The van der Waals surface area contributed by atoms with Crippen molar-refractivity contribution in [2.24, 2.45) is 16.6 Å². The van der Waals surface area contributed by atoms with Crippen molar-refractivity contribution in [1.82, 2.24) is 29.9 Å². The van der Waals surface area contributed by atoms with E-state index in [-0.39, 0.29) is 67.5 Å². The minimum absolute atomic E-state index is 0.0147. The van der Waals surface area contributed by atoms with Gasteiger partial charge in [0.05, 0.1) is 29.4 Å². The van der Waals surface area contributed by atoms with Crippen LogP contribution in [0.1, 0.15) is 93.7 Å². The van der Waals surface area contributed by atoms with Crippen molar-refractivity contribution in [3.8, 4) is 0 Å². The van der Waals surface area contributed by atoms with Crippen molar-refractivity contribution in [2.75, 3.05) is 26.3 Å². The number of rotatable bonds is 14. The molecule has 0 radical (unpaired) electrons. The van der Waals surface area contributed by atoms with E-state index in [1.165, 1.54) is 29.6 Å². The quantitative estimate of drug-likeness (QED) is 0.156. The molecular formula is C35H46F2N8O9S. The van der Waals surface area contributed by atoms with Gasteiger partial charge in [0.15, 0.2) is 0 Å². The lowest BCUT2D eigenvalue weighted by molar-refractivity contribution is -0.146. The molecule has 55 heavy (non-hydrogen) atoms. The number of ether oxygens (including phenoxy) is 1. The van der Waals surface area contributed by atoms with Gasteiger partial charge < -0.3 is 25.8 Å². The van der Waals surface area contributed by atoms with Gasteiger partial charge in [-0.1, -0.05) is 37.3 Å². The number of alkyl halides is 2. The van der Waals surface area contributed by atoms with Gasteiger partial charge in [-0.2, -0.15) is 0 Å².